The van der Waals surface area contributed by atoms with Gasteiger partial charge in [0.25, 0.3) is 0 Å². The lowest BCUT2D eigenvalue weighted by Gasteiger charge is -2.16. The summed E-state index contributed by atoms with van der Waals surface area (Å²) in [4.78, 5) is 2.24. The van der Waals surface area contributed by atoms with Crippen molar-refractivity contribution in [3.05, 3.63) is 0 Å². The molecule has 0 fully saturated rings. The zero-order chi connectivity index (χ0) is 8.10. The summed E-state index contributed by atoms with van der Waals surface area (Å²) < 4.78 is 0. The van der Waals surface area contributed by atoms with E-state index in [0.29, 0.717) is 0 Å². The number of unbranched alkanes of at least 4 members (excludes halogenated alkanes) is 1. The van der Waals surface area contributed by atoms with Crippen LogP contribution in [-0.4, -0.2) is 30.9 Å². The van der Waals surface area contributed by atoms with E-state index in [2.05, 4.69) is 29.4 Å². The minimum Gasteiger partial charge on any atom is -0.362 e. The molecular weight excluding hydrogens is 138 g/mol. The Hall–Kier alpha value is -0.730. The Morgan fingerprint density at radius 3 is 3.00 bits per heavy atom. The van der Waals surface area contributed by atoms with Crippen LogP contribution in [0.5, 0.6) is 0 Å². The topological polar surface area (TPSA) is 27.6 Å². The quantitative estimate of drug-likeness (QED) is 0.659. The molecule has 0 unspecified atom stereocenters. The van der Waals surface area contributed by atoms with Crippen molar-refractivity contribution in [2.24, 2.45) is 5.10 Å². The molecule has 0 radical (unpaired) electrons. The van der Waals surface area contributed by atoms with Crippen molar-refractivity contribution < 1.29 is 0 Å². The highest BCUT2D eigenvalue weighted by Gasteiger charge is 2.09. The average molecular weight is 155 g/mol. The molecule has 11 heavy (non-hydrogen) atoms. The fraction of sp³-hybridized carbons (Fsp3) is 0.875. The van der Waals surface area contributed by atoms with E-state index in [0.717, 1.165) is 19.5 Å². The van der Waals surface area contributed by atoms with Gasteiger partial charge >= 0.3 is 0 Å². The molecule has 1 heterocycles. The molecule has 0 amide bonds. The molecular formula is C8H17N3. The van der Waals surface area contributed by atoms with Gasteiger partial charge in [-0.2, -0.15) is 5.10 Å². The summed E-state index contributed by atoms with van der Waals surface area (Å²) >= 11 is 0. The van der Waals surface area contributed by atoms with Gasteiger partial charge in [0.2, 0.25) is 0 Å². The third-order valence-corrected chi connectivity index (χ3v) is 1.96. The van der Waals surface area contributed by atoms with Gasteiger partial charge in [0.1, 0.15) is 5.84 Å². The Morgan fingerprint density at radius 1 is 1.64 bits per heavy atom. The summed E-state index contributed by atoms with van der Waals surface area (Å²) in [7, 11) is 2.11. The van der Waals surface area contributed by atoms with Crippen LogP contribution in [0.1, 0.15) is 26.2 Å². The lowest BCUT2D eigenvalue weighted by atomic mass is 10.3. The molecule has 0 aromatic heterocycles. The Morgan fingerprint density at radius 2 is 2.45 bits per heavy atom. The van der Waals surface area contributed by atoms with Crippen molar-refractivity contribution in [2.45, 2.75) is 26.2 Å². The first-order valence-electron chi connectivity index (χ1n) is 4.35. The van der Waals surface area contributed by atoms with Crippen molar-refractivity contribution in [1.82, 2.24) is 10.3 Å². The van der Waals surface area contributed by atoms with E-state index in [1.807, 2.05) is 0 Å². The monoisotopic (exact) mass is 155 g/mol. The smallest absolute Gasteiger partial charge is 0.126 e. The lowest BCUT2D eigenvalue weighted by molar-refractivity contribution is 0.478. The van der Waals surface area contributed by atoms with Crippen LogP contribution in [0.15, 0.2) is 5.10 Å². The summed E-state index contributed by atoms with van der Waals surface area (Å²) in [6.45, 7) is 4.35. The molecule has 0 atom stereocenters. The maximum Gasteiger partial charge on any atom is 0.126 e. The largest absolute Gasteiger partial charge is 0.362 e. The second-order valence-corrected chi connectivity index (χ2v) is 2.96. The Kier molecular flexibility index (Phi) is 3.20. The Labute approximate surface area is 68.5 Å². The van der Waals surface area contributed by atoms with Crippen LogP contribution in [0.4, 0.5) is 0 Å². The molecule has 1 aliphatic rings. The fourth-order valence-corrected chi connectivity index (χ4v) is 1.17. The Bertz CT molecular complexity index is 142. The number of hydrogen-bond acceptors (Lipinski definition) is 3. The summed E-state index contributed by atoms with van der Waals surface area (Å²) in [5.74, 6) is 1.21. The van der Waals surface area contributed by atoms with E-state index in [-0.39, 0.29) is 0 Å². The fourth-order valence-electron chi connectivity index (χ4n) is 1.17. The van der Waals surface area contributed by atoms with Crippen molar-refractivity contribution in [1.29, 1.82) is 0 Å². The molecule has 0 aromatic carbocycles. The molecule has 0 saturated heterocycles. The van der Waals surface area contributed by atoms with Crippen LogP contribution < -0.4 is 5.43 Å². The van der Waals surface area contributed by atoms with Crippen LogP contribution >= 0.6 is 0 Å². The van der Waals surface area contributed by atoms with E-state index in [4.69, 9.17) is 0 Å². The molecule has 0 aromatic rings. The van der Waals surface area contributed by atoms with Gasteiger partial charge in [-0.25, -0.2) is 0 Å². The first-order valence-corrected chi connectivity index (χ1v) is 4.35. The van der Waals surface area contributed by atoms with E-state index >= 15 is 0 Å². The molecule has 0 spiro atoms. The minimum absolute atomic E-state index is 1.01. The standard InChI is InChI=1S/C8H17N3/c1-3-4-7-11(2)8-5-6-9-10-8/h9H,3-7H2,1-2H3. The summed E-state index contributed by atoms with van der Waals surface area (Å²) in [5, 5.41) is 4.18. The van der Waals surface area contributed by atoms with E-state index < -0.39 is 0 Å². The molecule has 0 saturated carbocycles. The number of nitrogens with zero attached hydrogens (tertiary/aromatic N) is 2. The lowest BCUT2D eigenvalue weighted by Crippen LogP contribution is -2.26. The number of rotatable bonds is 3. The highest BCUT2D eigenvalue weighted by Crippen LogP contribution is 2.00. The van der Waals surface area contributed by atoms with Crippen LogP contribution in [0, 0.1) is 0 Å². The van der Waals surface area contributed by atoms with Crippen molar-refractivity contribution in [3.63, 3.8) is 0 Å². The van der Waals surface area contributed by atoms with Crippen LogP contribution in [0.2, 0.25) is 0 Å². The normalized spacial score (nSPS) is 16.0. The van der Waals surface area contributed by atoms with Crippen molar-refractivity contribution >= 4 is 5.84 Å². The molecule has 1 N–H and O–H groups in total. The molecule has 3 nitrogen and oxygen atoms in total. The van der Waals surface area contributed by atoms with Gasteiger partial charge in [-0.05, 0) is 6.42 Å². The van der Waals surface area contributed by atoms with Gasteiger partial charge in [-0.1, -0.05) is 13.3 Å². The van der Waals surface area contributed by atoms with Crippen LogP contribution in [0.3, 0.4) is 0 Å². The van der Waals surface area contributed by atoms with E-state index in [1.54, 1.807) is 0 Å². The average Bonchev–Trinajstić information content (AvgIpc) is 2.52. The van der Waals surface area contributed by atoms with Gasteiger partial charge in [-0.15, -0.1) is 0 Å². The molecule has 3 heteroatoms. The molecule has 1 aliphatic heterocycles. The SMILES string of the molecule is CCCCN(C)C1=NNCC1. The summed E-state index contributed by atoms with van der Waals surface area (Å²) in [5.41, 5.74) is 2.98. The predicted molar refractivity (Wildman–Crippen MR) is 47.6 cm³/mol. The first-order chi connectivity index (χ1) is 5.34. The maximum atomic E-state index is 4.18. The van der Waals surface area contributed by atoms with Crippen LogP contribution in [0.25, 0.3) is 0 Å². The summed E-state index contributed by atoms with van der Waals surface area (Å²) in [6, 6.07) is 0. The Balaban J connectivity index is 2.23. The van der Waals surface area contributed by atoms with Crippen molar-refractivity contribution in [3.8, 4) is 0 Å². The molecule has 1 rings (SSSR count). The van der Waals surface area contributed by atoms with Crippen LogP contribution in [-0.2, 0) is 0 Å². The van der Waals surface area contributed by atoms with Gasteiger partial charge < -0.3 is 10.3 Å². The second-order valence-electron chi connectivity index (χ2n) is 2.96. The predicted octanol–water partition coefficient (Wildman–Crippen LogP) is 1.03. The van der Waals surface area contributed by atoms with Gasteiger partial charge in [0.15, 0.2) is 0 Å². The van der Waals surface area contributed by atoms with Gasteiger partial charge in [0, 0.05) is 26.6 Å². The molecule has 0 bridgehead atoms. The summed E-state index contributed by atoms with van der Waals surface area (Å²) in [6.07, 6.45) is 3.60. The van der Waals surface area contributed by atoms with Gasteiger partial charge in [-0.3, -0.25) is 0 Å². The van der Waals surface area contributed by atoms with E-state index in [1.165, 1.54) is 18.7 Å². The third-order valence-electron chi connectivity index (χ3n) is 1.96. The third kappa shape index (κ3) is 2.41. The highest BCUT2D eigenvalue weighted by atomic mass is 15.4. The zero-order valence-electron chi connectivity index (χ0n) is 7.43. The molecule has 0 aliphatic carbocycles. The highest BCUT2D eigenvalue weighted by molar-refractivity contribution is 5.83. The number of hydrazone groups is 1. The first kappa shape index (κ1) is 8.37. The second kappa shape index (κ2) is 4.21. The minimum atomic E-state index is 1.01. The zero-order valence-corrected chi connectivity index (χ0v) is 7.43. The maximum absolute atomic E-state index is 4.18. The number of hydrogen-bond donors (Lipinski definition) is 1. The molecule has 64 valence electrons. The van der Waals surface area contributed by atoms with E-state index in [9.17, 15) is 0 Å². The van der Waals surface area contributed by atoms with Crippen molar-refractivity contribution in [2.75, 3.05) is 20.1 Å². The number of amidine groups is 1. The van der Waals surface area contributed by atoms with Gasteiger partial charge in [0.05, 0.1) is 0 Å². The number of nitrogens with one attached hydrogen (secondary N) is 1.